The van der Waals surface area contributed by atoms with Crippen molar-refractivity contribution in [1.82, 2.24) is 20.4 Å². The first-order chi connectivity index (χ1) is 13.2. The largest absolute Gasteiger partial charge is 0.379 e. The van der Waals surface area contributed by atoms with Crippen LogP contribution in [-0.4, -0.2) is 80.1 Å². The summed E-state index contributed by atoms with van der Waals surface area (Å²) in [6.07, 6.45) is 1.41. The zero-order valence-corrected chi connectivity index (χ0v) is 15.4. The molecule has 0 saturated carbocycles. The van der Waals surface area contributed by atoms with Gasteiger partial charge in [-0.15, -0.1) is 0 Å². The lowest BCUT2D eigenvalue weighted by molar-refractivity contribution is 0.0375. The third kappa shape index (κ3) is 5.05. The summed E-state index contributed by atoms with van der Waals surface area (Å²) in [5.74, 6) is -0.522. The van der Waals surface area contributed by atoms with E-state index in [0.717, 1.165) is 39.3 Å². The Labute approximate surface area is 158 Å². The highest BCUT2D eigenvalue weighted by Gasteiger charge is 2.34. The van der Waals surface area contributed by atoms with Crippen LogP contribution in [0.5, 0.6) is 0 Å². The van der Waals surface area contributed by atoms with Gasteiger partial charge in [0, 0.05) is 32.7 Å². The second-order valence-corrected chi connectivity index (χ2v) is 6.65. The van der Waals surface area contributed by atoms with E-state index in [0.29, 0.717) is 37.2 Å². The fraction of sp³-hybridized carbons (Fsp3) is 0.526. The number of carbonyl (C=O) groups excluding carboxylic acids is 3. The molecule has 1 fully saturated rings. The van der Waals surface area contributed by atoms with Crippen molar-refractivity contribution in [3.05, 3.63) is 35.4 Å². The molecule has 0 aromatic heterocycles. The summed E-state index contributed by atoms with van der Waals surface area (Å²) in [7, 11) is 0. The zero-order valence-electron chi connectivity index (χ0n) is 15.4. The number of imide groups is 1. The summed E-state index contributed by atoms with van der Waals surface area (Å²) in [6, 6.07) is 6.60. The van der Waals surface area contributed by atoms with Crippen molar-refractivity contribution in [3.63, 3.8) is 0 Å². The first-order valence-electron chi connectivity index (χ1n) is 9.44. The molecule has 2 heterocycles. The Morgan fingerprint density at radius 3 is 2.07 bits per heavy atom. The number of hydrogen-bond acceptors (Lipinski definition) is 5. The number of benzene rings is 1. The Morgan fingerprint density at radius 2 is 1.48 bits per heavy atom. The summed E-state index contributed by atoms with van der Waals surface area (Å²) in [4.78, 5) is 39.8. The van der Waals surface area contributed by atoms with E-state index in [9.17, 15) is 14.4 Å². The number of nitrogens with one attached hydrogen (secondary N) is 2. The first-order valence-corrected chi connectivity index (χ1v) is 9.44. The Hall–Kier alpha value is -2.45. The zero-order chi connectivity index (χ0) is 19.1. The van der Waals surface area contributed by atoms with Crippen LogP contribution in [-0.2, 0) is 4.74 Å². The average Bonchev–Trinajstić information content (AvgIpc) is 2.94. The predicted molar refractivity (Wildman–Crippen MR) is 99.7 cm³/mol. The highest BCUT2D eigenvalue weighted by atomic mass is 16.5. The molecule has 2 aliphatic rings. The van der Waals surface area contributed by atoms with Crippen molar-refractivity contribution in [2.45, 2.75) is 12.8 Å². The third-order valence-corrected chi connectivity index (χ3v) is 4.76. The van der Waals surface area contributed by atoms with Gasteiger partial charge in [-0.05, 0) is 31.5 Å². The molecule has 2 N–H and O–H groups in total. The number of fused-ring (bicyclic) bond motifs is 1. The lowest BCUT2D eigenvalue weighted by atomic mass is 10.1. The van der Waals surface area contributed by atoms with Crippen molar-refractivity contribution < 1.29 is 19.1 Å². The van der Waals surface area contributed by atoms with E-state index in [-0.39, 0.29) is 17.8 Å². The maximum absolute atomic E-state index is 12.2. The number of rotatable bonds is 8. The van der Waals surface area contributed by atoms with Gasteiger partial charge in [-0.25, -0.2) is 4.79 Å². The van der Waals surface area contributed by atoms with Crippen LogP contribution >= 0.6 is 0 Å². The molecular weight excluding hydrogens is 348 g/mol. The Morgan fingerprint density at radius 1 is 0.926 bits per heavy atom. The minimum Gasteiger partial charge on any atom is -0.379 e. The Kier molecular flexibility index (Phi) is 6.78. The van der Waals surface area contributed by atoms with Gasteiger partial charge in [0.05, 0.1) is 24.3 Å². The van der Waals surface area contributed by atoms with Gasteiger partial charge in [-0.1, -0.05) is 12.1 Å². The molecule has 1 aromatic rings. The number of ether oxygens (including phenoxy) is 1. The van der Waals surface area contributed by atoms with E-state index in [4.69, 9.17) is 4.74 Å². The minimum atomic E-state index is -0.261. The van der Waals surface area contributed by atoms with Crippen molar-refractivity contribution in [3.8, 4) is 0 Å². The van der Waals surface area contributed by atoms with Crippen LogP contribution in [0.15, 0.2) is 24.3 Å². The number of urea groups is 1. The highest BCUT2D eigenvalue weighted by molar-refractivity contribution is 6.21. The van der Waals surface area contributed by atoms with Gasteiger partial charge in [0.25, 0.3) is 11.8 Å². The van der Waals surface area contributed by atoms with Crippen LogP contribution < -0.4 is 10.6 Å². The number of carbonyl (C=O) groups is 3. The van der Waals surface area contributed by atoms with Crippen LogP contribution in [0.3, 0.4) is 0 Å². The fourth-order valence-corrected chi connectivity index (χ4v) is 3.27. The molecule has 0 atom stereocenters. The van der Waals surface area contributed by atoms with E-state index >= 15 is 0 Å². The summed E-state index contributed by atoms with van der Waals surface area (Å²) in [5, 5.41) is 5.59. The van der Waals surface area contributed by atoms with Crippen LogP contribution in [0.4, 0.5) is 4.79 Å². The molecule has 4 amide bonds. The van der Waals surface area contributed by atoms with E-state index < -0.39 is 0 Å². The molecule has 0 bridgehead atoms. The van der Waals surface area contributed by atoms with Crippen LogP contribution in [0, 0.1) is 0 Å². The maximum Gasteiger partial charge on any atom is 0.314 e. The molecule has 1 aromatic carbocycles. The minimum absolute atomic E-state index is 0.223. The summed E-state index contributed by atoms with van der Waals surface area (Å²) in [5.41, 5.74) is 0.905. The number of amides is 4. The van der Waals surface area contributed by atoms with Gasteiger partial charge in [0.1, 0.15) is 0 Å². The molecule has 0 unspecified atom stereocenters. The molecule has 3 rings (SSSR count). The lowest BCUT2D eigenvalue weighted by Crippen LogP contribution is -2.40. The van der Waals surface area contributed by atoms with E-state index in [1.807, 2.05) is 0 Å². The quantitative estimate of drug-likeness (QED) is 0.516. The summed E-state index contributed by atoms with van der Waals surface area (Å²) < 4.78 is 5.30. The standard InChI is InChI=1S/C19H26N4O4/c24-17-15-5-1-2-6-16(15)18(25)23(17)10-4-8-21-19(26)20-7-3-9-22-11-13-27-14-12-22/h1-2,5-6H,3-4,7-14H2,(H2,20,21,26). The molecule has 8 heteroatoms. The third-order valence-electron chi connectivity index (χ3n) is 4.76. The van der Waals surface area contributed by atoms with Crippen LogP contribution in [0.1, 0.15) is 33.6 Å². The molecule has 2 aliphatic heterocycles. The molecule has 27 heavy (non-hydrogen) atoms. The van der Waals surface area contributed by atoms with E-state index in [2.05, 4.69) is 15.5 Å². The van der Waals surface area contributed by atoms with Crippen molar-refractivity contribution in [1.29, 1.82) is 0 Å². The molecular formula is C19H26N4O4. The Bertz CT molecular complexity index is 653. The normalized spacial score (nSPS) is 17.1. The van der Waals surface area contributed by atoms with Gasteiger partial charge in [0.2, 0.25) is 0 Å². The van der Waals surface area contributed by atoms with Crippen molar-refractivity contribution in [2.24, 2.45) is 0 Å². The molecule has 146 valence electrons. The van der Waals surface area contributed by atoms with Crippen molar-refractivity contribution in [2.75, 3.05) is 52.5 Å². The van der Waals surface area contributed by atoms with Gasteiger partial charge in [-0.3, -0.25) is 19.4 Å². The predicted octanol–water partition coefficient (Wildman–Crippen LogP) is 0.694. The first kappa shape index (κ1) is 19.3. The highest BCUT2D eigenvalue weighted by Crippen LogP contribution is 2.22. The monoisotopic (exact) mass is 374 g/mol. The average molecular weight is 374 g/mol. The number of nitrogens with zero attached hydrogens (tertiary/aromatic N) is 2. The second-order valence-electron chi connectivity index (χ2n) is 6.65. The van der Waals surface area contributed by atoms with Crippen LogP contribution in [0.25, 0.3) is 0 Å². The second kappa shape index (κ2) is 9.48. The van der Waals surface area contributed by atoms with Gasteiger partial charge in [0.15, 0.2) is 0 Å². The van der Waals surface area contributed by atoms with Crippen molar-refractivity contribution >= 4 is 17.8 Å². The molecule has 8 nitrogen and oxygen atoms in total. The maximum atomic E-state index is 12.2. The van der Waals surface area contributed by atoms with Gasteiger partial charge < -0.3 is 15.4 Å². The molecule has 0 radical (unpaired) electrons. The lowest BCUT2D eigenvalue weighted by Gasteiger charge is -2.26. The van der Waals surface area contributed by atoms with Gasteiger partial charge >= 0.3 is 6.03 Å². The molecule has 0 aliphatic carbocycles. The molecule has 0 spiro atoms. The summed E-state index contributed by atoms with van der Waals surface area (Å²) >= 11 is 0. The number of morpholine rings is 1. The van der Waals surface area contributed by atoms with Crippen LogP contribution in [0.2, 0.25) is 0 Å². The topological polar surface area (TPSA) is 91.0 Å². The number of hydrogen-bond donors (Lipinski definition) is 2. The van der Waals surface area contributed by atoms with E-state index in [1.54, 1.807) is 24.3 Å². The van der Waals surface area contributed by atoms with Gasteiger partial charge in [-0.2, -0.15) is 0 Å². The van der Waals surface area contributed by atoms with E-state index in [1.165, 1.54) is 4.90 Å². The smallest absolute Gasteiger partial charge is 0.314 e. The SMILES string of the molecule is O=C(NCCCN1CCOCC1)NCCCN1C(=O)c2ccccc2C1=O. The Balaban J connectivity index is 1.27. The molecule has 1 saturated heterocycles. The summed E-state index contributed by atoms with van der Waals surface area (Å²) in [6.45, 7) is 5.72. The fourth-order valence-electron chi connectivity index (χ4n) is 3.27.